The van der Waals surface area contributed by atoms with Gasteiger partial charge in [-0.05, 0) is 41.8 Å². The lowest BCUT2D eigenvalue weighted by Gasteiger charge is -2.32. The number of carbonyl (C=O) groups is 2. The van der Waals surface area contributed by atoms with Crippen molar-refractivity contribution in [2.45, 2.75) is 25.4 Å². The fourth-order valence-electron chi connectivity index (χ4n) is 3.55. The van der Waals surface area contributed by atoms with Crippen LogP contribution in [0, 0.1) is 0 Å². The molecule has 4 rings (SSSR count). The van der Waals surface area contributed by atoms with Crippen molar-refractivity contribution in [2.75, 3.05) is 11.4 Å². The number of carbonyl (C=O) groups excluding carboxylic acids is 2. The zero-order chi connectivity index (χ0) is 16.7. The number of benzene rings is 2. The summed E-state index contributed by atoms with van der Waals surface area (Å²) in [4.78, 5) is 28.7. The molecule has 2 aliphatic rings. The standard InChI is InChI=1S/C19H17ClN2O2/c20-15-5-7-16(8-6-15)22-18(23)11-17(19(22)24)21-10-9-13-3-1-2-4-14(13)12-21/h1-8,17H,9-12H2/t17-/m1/s1. The molecule has 2 aromatic carbocycles. The van der Waals surface area contributed by atoms with Gasteiger partial charge in [-0.25, -0.2) is 4.90 Å². The van der Waals surface area contributed by atoms with Crippen molar-refractivity contribution < 1.29 is 9.59 Å². The SMILES string of the molecule is O=C1C[C@@H](N2CCc3ccccc3C2)C(=O)N1c1ccc(Cl)cc1. The molecule has 2 aliphatic heterocycles. The third kappa shape index (κ3) is 2.62. The molecule has 5 heteroatoms. The quantitative estimate of drug-likeness (QED) is 0.789. The second-order valence-corrected chi connectivity index (χ2v) is 6.69. The van der Waals surface area contributed by atoms with Crippen molar-refractivity contribution in [3.8, 4) is 0 Å². The van der Waals surface area contributed by atoms with E-state index >= 15 is 0 Å². The fraction of sp³-hybridized carbons (Fsp3) is 0.263. The van der Waals surface area contributed by atoms with Crippen LogP contribution in [0.1, 0.15) is 17.5 Å². The molecule has 1 fully saturated rings. The summed E-state index contributed by atoms with van der Waals surface area (Å²) < 4.78 is 0. The molecule has 2 heterocycles. The van der Waals surface area contributed by atoms with Gasteiger partial charge in [-0.2, -0.15) is 0 Å². The number of hydrogen-bond acceptors (Lipinski definition) is 3. The summed E-state index contributed by atoms with van der Waals surface area (Å²) in [6, 6.07) is 14.7. The Morgan fingerprint density at radius 3 is 2.42 bits per heavy atom. The van der Waals surface area contributed by atoms with Crippen LogP contribution in [0.4, 0.5) is 5.69 Å². The van der Waals surface area contributed by atoms with Crippen LogP contribution in [-0.4, -0.2) is 29.3 Å². The molecule has 122 valence electrons. The molecule has 0 aromatic heterocycles. The van der Waals surface area contributed by atoms with E-state index in [9.17, 15) is 9.59 Å². The number of fused-ring (bicyclic) bond motifs is 1. The number of rotatable bonds is 2. The first-order valence-corrected chi connectivity index (χ1v) is 8.44. The van der Waals surface area contributed by atoms with E-state index in [1.807, 2.05) is 12.1 Å². The first-order chi connectivity index (χ1) is 11.6. The zero-order valence-electron chi connectivity index (χ0n) is 13.1. The van der Waals surface area contributed by atoms with Crippen LogP contribution in [0.2, 0.25) is 5.02 Å². The highest BCUT2D eigenvalue weighted by Gasteiger charge is 2.43. The third-order valence-corrected chi connectivity index (χ3v) is 5.06. The van der Waals surface area contributed by atoms with E-state index in [1.165, 1.54) is 16.0 Å². The molecule has 0 spiro atoms. The van der Waals surface area contributed by atoms with Crippen LogP contribution < -0.4 is 4.90 Å². The predicted octanol–water partition coefficient (Wildman–Crippen LogP) is 3.03. The monoisotopic (exact) mass is 340 g/mol. The van der Waals surface area contributed by atoms with Gasteiger partial charge < -0.3 is 0 Å². The van der Waals surface area contributed by atoms with Gasteiger partial charge in [-0.3, -0.25) is 14.5 Å². The molecule has 4 nitrogen and oxygen atoms in total. The molecule has 2 aromatic rings. The van der Waals surface area contributed by atoms with E-state index in [4.69, 9.17) is 11.6 Å². The minimum atomic E-state index is -0.374. The number of imide groups is 1. The minimum absolute atomic E-state index is 0.137. The summed E-state index contributed by atoms with van der Waals surface area (Å²) in [5, 5.41) is 0.585. The first kappa shape index (κ1) is 15.4. The van der Waals surface area contributed by atoms with E-state index in [0.717, 1.165) is 13.0 Å². The lowest BCUT2D eigenvalue weighted by atomic mass is 9.98. The maximum absolute atomic E-state index is 12.8. The van der Waals surface area contributed by atoms with E-state index in [-0.39, 0.29) is 24.3 Å². The number of hydrogen-bond donors (Lipinski definition) is 0. The second-order valence-electron chi connectivity index (χ2n) is 6.25. The first-order valence-electron chi connectivity index (χ1n) is 8.07. The lowest BCUT2D eigenvalue weighted by molar-refractivity contribution is -0.123. The average Bonchev–Trinajstić information content (AvgIpc) is 2.90. The minimum Gasteiger partial charge on any atom is -0.287 e. The topological polar surface area (TPSA) is 40.6 Å². The van der Waals surface area contributed by atoms with Crippen molar-refractivity contribution in [1.82, 2.24) is 4.90 Å². The summed E-state index contributed by atoms with van der Waals surface area (Å²) in [7, 11) is 0. The Hall–Kier alpha value is -2.17. The van der Waals surface area contributed by atoms with E-state index < -0.39 is 0 Å². The van der Waals surface area contributed by atoms with Crippen molar-refractivity contribution in [3.05, 3.63) is 64.7 Å². The van der Waals surface area contributed by atoms with Crippen LogP contribution >= 0.6 is 11.6 Å². The van der Waals surface area contributed by atoms with Gasteiger partial charge in [0.1, 0.15) is 0 Å². The number of halogens is 1. The Balaban J connectivity index is 1.57. The van der Waals surface area contributed by atoms with Crippen molar-refractivity contribution in [1.29, 1.82) is 0 Å². The van der Waals surface area contributed by atoms with E-state index in [2.05, 4.69) is 17.0 Å². The molecule has 0 unspecified atom stereocenters. The van der Waals surface area contributed by atoms with Crippen LogP contribution in [-0.2, 0) is 22.6 Å². The van der Waals surface area contributed by atoms with Gasteiger partial charge in [0.2, 0.25) is 5.91 Å². The highest BCUT2D eigenvalue weighted by molar-refractivity contribution is 6.30. The van der Waals surface area contributed by atoms with Crippen LogP contribution in [0.5, 0.6) is 0 Å². The molecule has 1 saturated heterocycles. The molecule has 24 heavy (non-hydrogen) atoms. The Morgan fingerprint density at radius 2 is 1.67 bits per heavy atom. The Labute approximate surface area is 145 Å². The van der Waals surface area contributed by atoms with E-state index in [1.54, 1.807) is 24.3 Å². The number of amides is 2. The summed E-state index contributed by atoms with van der Waals surface area (Å²) in [5.74, 6) is -0.284. The van der Waals surface area contributed by atoms with Crippen molar-refractivity contribution in [2.24, 2.45) is 0 Å². The molecule has 2 amide bonds. The van der Waals surface area contributed by atoms with Gasteiger partial charge in [0.15, 0.2) is 0 Å². The number of nitrogens with zero attached hydrogens (tertiary/aromatic N) is 2. The lowest BCUT2D eigenvalue weighted by Crippen LogP contribution is -2.44. The van der Waals surface area contributed by atoms with Gasteiger partial charge in [0.05, 0.1) is 18.2 Å². The van der Waals surface area contributed by atoms with Gasteiger partial charge in [0, 0.05) is 18.1 Å². The van der Waals surface area contributed by atoms with Gasteiger partial charge in [0.25, 0.3) is 5.91 Å². The molecule has 1 atom stereocenters. The van der Waals surface area contributed by atoms with Gasteiger partial charge >= 0.3 is 0 Å². The summed E-state index contributed by atoms with van der Waals surface area (Å²) in [5.41, 5.74) is 3.17. The molecule has 0 radical (unpaired) electrons. The largest absolute Gasteiger partial charge is 0.287 e. The summed E-state index contributed by atoms with van der Waals surface area (Å²) in [6.45, 7) is 1.52. The Kier molecular flexibility index (Phi) is 3.87. The maximum atomic E-state index is 12.8. The predicted molar refractivity (Wildman–Crippen MR) is 92.9 cm³/mol. The molecule has 0 N–H and O–H groups in total. The fourth-order valence-corrected chi connectivity index (χ4v) is 3.67. The summed E-state index contributed by atoms with van der Waals surface area (Å²) >= 11 is 5.89. The van der Waals surface area contributed by atoms with Gasteiger partial charge in [-0.15, -0.1) is 0 Å². The highest BCUT2D eigenvalue weighted by Crippen LogP contribution is 2.29. The van der Waals surface area contributed by atoms with Crippen molar-refractivity contribution in [3.63, 3.8) is 0 Å². The molecular formula is C19H17ClN2O2. The van der Waals surface area contributed by atoms with Crippen molar-refractivity contribution >= 4 is 29.1 Å². The van der Waals surface area contributed by atoms with E-state index in [0.29, 0.717) is 17.3 Å². The number of anilines is 1. The summed E-state index contributed by atoms with van der Waals surface area (Å²) in [6.07, 6.45) is 1.15. The normalized spacial score (nSPS) is 21.2. The average molecular weight is 341 g/mol. The van der Waals surface area contributed by atoms with Crippen LogP contribution in [0.3, 0.4) is 0 Å². The van der Waals surface area contributed by atoms with Gasteiger partial charge in [-0.1, -0.05) is 35.9 Å². The maximum Gasteiger partial charge on any atom is 0.251 e. The van der Waals surface area contributed by atoms with Crippen LogP contribution in [0.25, 0.3) is 0 Å². The molecule has 0 bridgehead atoms. The third-order valence-electron chi connectivity index (χ3n) is 4.81. The Morgan fingerprint density at radius 1 is 0.958 bits per heavy atom. The molecular weight excluding hydrogens is 324 g/mol. The molecule has 0 aliphatic carbocycles. The zero-order valence-corrected chi connectivity index (χ0v) is 13.9. The second kappa shape index (κ2) is 6.04. The van der Waals surface area contributed by atoms with Crippen LogP contribution in [0.15, 0.2) is 48.5 Å². The molecule has 0 saturated carbocycles. The smallest absolute Gasteiger partial charge is 0.251 e. The highest BCUT2D eigenvalue weighted by atomic mass is 35.5. The Bertz CT molecular complexity index is 803.